The van der Waals surface area contributed by atoms with Crippen molar-refractivity contribution in [3.63, 3.8) is 0 Å². The van der Waals surface area contributed by atoms with Gasteiger partial charge in [-0.05, 0) is 25.7 Å². The summed E-state index contributed by atoms with van der Waals surface area (Å²) in [5.41, 5.74) is 0. The van der Waals surface area contributed by atoms with Gasteiger partial charge in [-0.15, -0.1) is 11.6 Å². The van der Waals surface area contributed by atoms with E-state index in [-0.39, 0.29) is 0 Å². The molecule has 1 unspecified atom stereocenters. The molecule has 1 atom stereocenters. The van der Waals surface area contributed by atoms with E-state index in [2.05, 4.69) is 0 Å². The number of alkyl halides is 1. The molecule has 1 fully saturated rings. The van der Waals surface area contributed by atoms with Gasteiger partial charge in [0.15, 0.2) is 0 Å². The maximum atomic E-state index is 5.51. The number of halogens is 1. The van der Waals surface area contributed by atoms with Crippen LogP contribution < -0.4 is 0 Å². The second-order valence-corrected chi connectivity index (χ2v) is 3.48. The lowest BCUT2D eigenvalue weighted by atomic mass is 10.1. The fourth-order valence-corrected chi connectivity index (χ4v) is 1.42. The molecule has 0 N–H and O–H groups in total. The lowest BCUT2D eigenvalue weighted by molar-refractivity contribution is -0.0403. The van der Waals surface area contributed by atoms with Crippen molar-refractivity contribution in [2.24, 2.45) is 0 Å². The monoisotopic (exact) mass is 192 g/mol. The summed E-state index contributed by atoms with van der Waals surface area (Å²) in [7, 11) is 0. The number of rotatable bonds is 5. The first-order valence-electron chi connectivity index (χ1n) is 4.69. The molecule has 0 aromatic rings. The average molecular weight is 193 g/mol. The molecule has 0 bridgehead atoms. The van der Waals surface area contributed by atoms with Crippen molar-refractivity contribution in [2.75, 3.05) is 25.7 Å². The normalized spacial score (nSPS) is 24.2. The van der Waals surface area contributed by atoms with Gasteiger partial charge in [-0.1, -0.05) is 0 Å². The van der Waals surface area contributed by atoms with Crippen molar-refractivity contribution >= 4 is 11.6 Å². The van der Waals surface area contributed by atoms with E-state index < -0.39 is 0 Å². The topological polar surface area (TPSA) is 18.5 Å². The van der Waals surface area contributed by atoms with Crippen molar-refractivity contribution in [1.29, 1.82) is 0 Å². The van der Waals surface area contributed by atoms with Crippen LogP contribution in [0, 0.1) is 0 Å². The van der Waals surface area contributed by atoms with E-state index in [0.717, 1.165) is 32.7 Å². The van der Waals surface area contributed by atoms with Crippen LogP contribution in [0.3, 0.4) is 0 Å². The van der Waals surface area contributed by atoms with E-state index in [1.54, 1.807) is 0 Å². The zero-order valence-electron chi connectivity index (χ0n) is 7.43. The molecule has 72 valence electrons. The summed E-state index contributed by atoms with van der Waals surface area (Å²) in [5, 5.41) is 0. The molecule has 0 spiro atoms. The van der Waals surface area contributed by atoms with E-state index >= 15 is 0 Å². The highest BCUT2D eigenvalue weighted by atomic mass is 35.5. The lowest BCUT2D eigenvalue weighted by Gasteiger charge is -2.22. The summed E-state index contributed by atoms with van der Waals surface area (Å²) < 4.78 is 10.9. The molecule has 0 aromatic carbocycles. The predicted octanol–water partition coefficient (Wildman–Crippen LogP) is 2.20. The number of hydrogen-bond acceptors (Lipinski definition) is 2. The Kier molecular flexibility index (Phi) is 5.74. The van der Waals surface area contributed by atoms with Crippen LogP contribution in [0.25, 0.3) is 0 Å². The summed E-state index contributed by atoms with van der Waals surface area (Å²) in [6.45, 7) is 2.42. The van der Waals surface area contributed by atoms with Crippen LogP contribution in [0.1, 0.15) is 25.7 Å². The summed E-state index contributed by atoms with van der Waals surface area (Å²) in [4.78, 5) is 0. The van der Waals surface area contributed by atoms with Crippen molar-refractivity contribution in [3.8, 4) is 0 Å². The summed E-state index contributed by atoms with van der Waals surface area (Å²) >= 11 is 5.51. The molecule has 2 nitrogen and oxygen atoms in total. The SMILES string of the molecule is ClCCCOCC1CCCCO1. The van der Waals surface area contributed by atoms with Gasteiger partial charge in [-0.3, -0.25) is 0 Å². The molecule has 0 aromatic heterocycles. The lowest BCUT2D eigenvalue weighted by Crippen LogP contribution is -2.24. The van der Waals surface area contributed by atoms with Gasteiger partial charge in [0.25, 0.3) is 0 Å². The van der Waals surface area contributed by atoms with Gasteiger partial charge in [0.05, 0.1) is 12.7 Å². The Hall–Kier alpha value is 0.210. The Balaban J connectivity index is 1.91. The van der Waals surface area contributed by atoms with E-state index in [9.17, 15) is 0 Å². The number of hydrogen-bond donors (Lipinski definition) is 0. The third-order valence-electron chi connectivity index (χ3n) is 2.00. The molecule has 0 saturated carbocycles. The maximum absolute atomic E-state index is 5.51. The fraction of sp³-hybridized carbons (Fsp3) is 1.00. The first kappa shape index (κ1) is 10.3. The first-order chi connectivity index (χ1) is 5.93. The third kappa shape index (κ3) is 4.29. The van der Waals surface area contributed by atoms with Crippen molar-refractivity contribution < 1.29 is 9.47 Å². The van der Waals surface area contributed by atoms with Gasteiger partial charge in [0, 0.05) is 19.1 Å². The summed E-state index contributed by atoms with van der Waals surface area (Å²) in [5.74, 6) is 0.686. The van der Waals surface area contributed by atoms with Gasteiger partial charge < -0.3 is 9.47 Å². The minimum Gasteiger partial charge on any atom is -0.379 e. The summed E-state index contributed by atoms with van der Waals surface area (Å²) in [6, 6.07) is 0. The van der Waals surface area contributed by atoms with Crippen LogP contribution in [0.15, 0.2) is 0 Å². The highest BCUT2D eigenvalue weighted by molar-refractivity contribution is 6.17. The minimum atomic E-state index is 0.342. The number of ether oxygens (including phenoxy) is 2. The Bertz CT molecular complexity index is 103. The summed E-state index contributed by atoms with van der Waals surface area (Å²) in [6.07, 6.45) is 4.92. The second kappa shape index (κ2) is 6.70. The maximum Gasteiger partial charge on any atom is 0.0808 e. The average Bonchev–Trinajstić information content (AvgIpc) is 2.14. The van der Waals surface area contributed by atoms with Gasteiger partial charge in [0.1, 0.15) is 0 Å². The Morgan fingerprint density at radius 2 is 2.33 bits per heavy atom. The Labute approximate surface area is 79.2 Å². The molecule has 3 heteroatoms. The zero-order valence-corrected chi connectivity index (χ0v) is 8.18. The molecule has 1 aliphatic heterocycles. The van der Waals surface area contributed by atoms with Crippen LogP contribution in [-0.2, 0) is 9.47 Å². The quantitative estimate of drug-likeness (QED) is 0.491. The molecule has 1 saturated heterocycles. The largest absolute Gasteiger partial charge is 0.379 e. The van der Waals surface area contributed by atoms with Crippen LogP contribution >= 0.6 is 11.6 Å². The zero-order chi connectivity index (χ0) is 8.65. The smallest absolute Gasteiger partial charge is 0.0808 e. The van der Waals surface area contributed by atoms with E-state index in [1.165, 1.54) is 12.8 Å². The Morgan fingerprint density at radius 1 is 1.42 bits per heavy atom. The highest BCUT2D eigenvalue weighted by Crippen LogP contribution is 2.12. The van der Waals surface area contributed by atoms with E-state index in [0.29, 0.717) is 12.0 Å². The van der Waals surface area contributed by atoms with Crippen molar-refractivity contribution in [3.05, 3.63) is 0 Å². The molecule has 1 heterocycles. The molecule has 1 aliphatic rings. The van der Waals surface area contributed by atoms with Crippen molar-refractivity contribution in [2.45, 2.75) is 31.8 Å². The fourth-order valence-electron chi connectivity index (χ4n) is 1.31. The molecule has 0 amide bonds. The molecule has 0 aliphatic carbocycles. The third-order valence-corrected chi connectivity index (χ3v) is 2.27. The molecule has 0 radical (unpaired) electrons. The predicted molar refractivity (Wildman–Crippen MR) is 49.7 cm³/mol. The van der Waals surface area contributed by atoms with Crippen LogP contribution in [0.2, 0.25) is 0 Å². The van der Waals surface area contributed by atoms with E-state index in [1.807, 2.05) is 0 Å². The molecular formula is C9H17ClO2. The van der Waals surface area contributed by atoms with Crippen molar-refractivity contribution in [1.82, 2.24) is 0 Å². The van der Waals surface area contributed by atoms with Gasteiger partial charge >= 0.3 is 0 Å². The second-order valence-electron chi connectivity index (χ2n) is 3.11. The van der Waals surface area contributed by atoms with Crippen LogP contribution in [0.4, 0.5) is 0 Å². The van der Waals surface area contributed by atoms with Gasteiger partial charge in [0.2, 0.25) is 0 Å². The molecule has 1 rings (SSSR count). The van der Waals surface area contributed by atoms with Crippen LogP contribution in [0.5, 0.6) is 0 Å². The molecule has 12 heavy (non-hydrogen) atoms. The first-order valence-corrected chi connectivity index (χ1v) is 5.22. The van der Waals surface area contributed by atoms with E-state index in [4.69, 9.17) is 21.1 Å². The van der Waals surface area contributed by atoms with Crippen LogP contribution in [-0.4, -0.2) is 31.8 Å². The Morgan fingerprint density at radius 3 is 3.00 bits per heavy atom. The van der Waals surface area contributed by atoms with Gasteiger partial charge in [-0.2, -0.15) is 0 Å². The highest BCUT2D eigenvalue weighted by Gasteiger charge is 2.12. The van der Waals surface area contributed by atoms with Gasteiger partial charge in [-0.25, -0.2) is 0 Å². The minimum absolute atomic E-state index is 0.342. The standard InChI is InChI=1S/C9H17ClO2/c10-5-3-6-11-8-9-4-1-2-7-12-9/h9H,1-8H2. The molecular weight excluding hydrogens is 176 g/mol.